The van der Waals surface area contributed by atoms with Crippen molar-refractivity contribution in [1.29, 1.82) is 0 Å². The van der Waals surface area contributed by atoms with Gasteiger partial charge in [0.25, 0.3) is 5.91 Å². The monoisotopic (exact) mass is 273 g/mol. The van der Waals surface area contributed by atoms with Crippen molar-refractivity contribution in [2.24, 2.45) is 11.8 Å². The van der Waals surface area contributed by atoms with Crippen LogP contribution in [-0.2, 0) is 4.79 Å². The van der Waals surface area contributed by atoms with E-state index in [2.05, 4.69) is 0 Å². The molecular weight excluding hydrogens is 250 g/mol. The minimum Gasteiger partial charge on any atom is -0.339 e. The van der Waals surface area contributed by atoms with Gasteiger partial charge in [0.2, 0.25) is 0 Å². The van der Waals surface area contributed by atoms with Crippen LogP contribution in [0.3, 0.4) is 0 Å². The summed E-state index contributed by atoms with van der Waals surface area (Å²) < 4.78 is 0. The molecule has 1 aromatic rings. The molecule has 0 aliphatic carbocycles. The molecule has 0 N–H and O–H groups in total. The minimum absolute atomic E-state index is 0.110. The summed E-state index contributed by atoms with van der Waals surface area (Å²) in [5, 5.41) is 0. The normalized spacial score (nSPS) is 16.4. The highest BCUT2D eigenvalue weighted by Crippen LogP contribution is 2.23. The van der Waals surface area contributed by atoms with Gasteiger partial charge in [0.05, 0.1) is 0 Å². The Morgan fingerprint density at radius 2 is 1.75 bits per heavy atom. The zero-order valence-corrected chi connectivity index (χ0v) is 12.3. The van der Waals surface area contributed by atoms with Gasteiger partial charge in [-0.25, -0.2) is 0 Å². The van der Waals surface area contributed by atoms with Gasteiger partial charge < -0.3 is 4.90 Å². The lowest BCUT2D eigenvalue weighted by atomic mass is 9.88. The van der Waals surface area contributed by atoms with Crippen molar-refractivity contribution in [3.05, 3.63) is 35.9 Å². The Bertz CT molecular complexity index is 459. The number of amides is 1. The first kappa shape index (κ1) is 14.8. The third kappa shape index (κ3) is 3.69. The lowest BCUT2D eigenvalue weighted by Crippen LogP contribution is -2.39. The van der Waals surface area contributed by atoms with Crippen molar-refractivity contribution in [3.8, 4) is 0 Å². The number of likely N-dealkylation sites (tertiary alicyclic amines) is 1. The molecule has 1 amide bonds. The Labute approximate surface area is 121 Å². The first-order valence-corrected chi connectivity index (χ1v) is 7.45. The Morgan fingerprint density at radius 1 is 1.15 bits per heavy atom. The van der Waals surface area contributed by atoms with Crippen molar-refractivity contribution in [2.45, 2.75) is 33.1 Å². The van der Waals surface area contributed by atoms with E-state index < -0.39 is 0 Å². The van der Waals surface area contributed by atoms with Gasteiger partial charge in [0.1, 0.15) is 5.78 Å². The van der Waals surface area contributed by atoms with Crippen LogP contribution >= 0.6 is 0 Å². The predicted octanol–water partition coefficient (Wildman–Crippen LogP) is 3.15. The molecule has 0 spiro atoms. The van der Waals surface area contributed by atoms with E-state index in [0.29, 0.717) is 18.1 Å². The number of Topliss-reactive ketones (excluding diaryl/α,β-unsaturated/α-hetero) is 1. The molecule has 2 rings (SSSR count). The average molecular weight is 273 g/mol. The lowest BCUT2D eigenvalue weighted by molar-refractivity contribution is -0.123. The van der Waals surface area contributed by atoms with Crippen molar-refractivity contribution in [3.63, 3.8) is 0 Å². The summed E-state index contributed by atoms with van der Waals surface area (Å²) in [5.74, 6) is 1.03. The third-order valence-corrected chi connectivity index (χ3v) is 4.06. The molecule has 1 aliphatic heterocycles. The van der Waals surface area contributed by atoms with Crippen LogP contribution < -0.4 is 0 Å². The molecule has 20 heavy (non-hydrogen) atoms. The minimum atomic E-state index is 0.110. The number of hydrogen-bond acceptors (Lipinski definition) is 2. The SMILES string of the molecule is CC(C)C(=O)CC1CCN(C(=O)c2ccccc2)CC1. The number of benzene rings is 1. The molecule has 3 heteroatoms. The van der Waals surface area contributed by atoms with E-state index in [0.717, 1.165) is 31.5 Å². The fourth-order valence-electron chi connectivity index (χ4n) is 2.62. The van der Waals surface area contributed by atoms with E-state index >= 15 is 0 Å². The van der Waals surface area contributed by atoms with Crippen molar-refractivity contribution in [2.75, 3.05) is 13.1 Å². The number of hydrogen-bond donors (Lipinski definition) is 0. The Hall–Kier alpha value is -1.64. The predicted molar refractivity (Wildman–Crippen MR) is 79.5 cm³/mol. The fourth-order valence-corrected chi connectivity index (χ4v) is 2.62. The van der Waals surface area contributed by atoms with E-state index in [1.807, 2.05) is 49.1 Å². The van der Waals surface area contributed by atoms with Gasteiger partial charge in [-0.05, 0) is 30.9 Å². The topological polar surface area (TPSA) is 37.4 Å². The molecule has 108 valence electrons. The summed E-state index contributed by atoms with van der Waals surface area (Å²) in [4.78, 5) is 26.0. The highest BCUT2D eigenvalue weighted by molar-refractivity contribution is 5.94. The number of carbonyl (C=O) groups excluding carboxylic acids is 2. The Kier molecular flexibility index (Phi) is 4.94. The molecule has 1 aliphatic rings. The molecule has 0 unspecified atom stereocenters. The summed E-state index contributed by atoms with van der Waals surface area (Å²) in [6.07, 6.45) is 2.55. The van der Waals surface area contributed by atoms with Crippen molar-refractivity contribution in [1.82, 2.24) is 4.90 Å². The third-order valence-electron chi connectivity index (χ3n) is 4.06. The van der Waals surface area contributed by atoms with Gasteiger partial charge in [-0.2, -0.15) is 0 Å². The van der Waals surface area contributed by atoms with Crippen LogP contribution in [0.4, 0.5) is 0 Å². The number of ketones is 1. The number of rotatable bonds is 4. The maximum atomic E-state index is 12.3. The Morgan fingerprint density at radius 3 is 2.30 bits per heavy atom. The second-order valence-electron chi connectivity index (χ2n) is 5.93. The van der Waals surface area contributed by atoms with E-state index in [4.69, 9.17) is 0 Å². The Balaban J connectivity index is 1.85. The average Bonchev–Trinajstić information content (AvgIpc) is 2.48. The molecule has 0 bridgehead atoms. The smallest absolute Gasteiger partial charge is 0.253 e. The van der Waals surface area contributed by atoms with Gasteiger partial charge >= 0.3 is 0 Å². The molecular formula is C17H23NO2. The fraction of sp³-hybridized carbons (Fsp3) is 0.529. The molecule has 1 aromatic carbocycles. The molecule has 0 saturated carbocycles. The van der Waals surface area contributed by atoms with E-state index in [1.54, 1.807) is 0 Å². The van der Waals surface area contributed by atoms with Gasteiger partial charge in [0, 0.05) is 31.0 Å². The number of carbonyl (C=O) groups is 2. The molecule has 0 radical (unpaired) electrons. The standard InChI is InChI=1S/C17H23NO2/c1-13(2)16(19)12-14-8-10-18(11-9-14)17(20)15-6-4-3-5-7-15/h3-7,13-14H,8-12H2,1-2H3. The first-order valence-electron chi connectivity index (χ1n) is 7.45. The van der Waals surface area contributed by atoms with Gasteiger partial charge in [-0.1, -0.05) is 32.0 Å². The molecule has 1 heterocycles. The summed E-state index contributed by atoms with van der Waals surface area (Å²) in [6, 6.07) is 9.41. The van der Waals surface area contributed by atoms with Crippen molar-refractivity contribution < 1.29 is 9.59 Å². The maximum absolute atomic E-state index is 12.3. The number of piperidine rings is 1. The van der Waals surface area contributed by atoms with Crippen LogP contribution in [0.5, 0.6) is 0 Å². The zero-order chi connectivity index (χ0) is 14.5. The molecule has 0 aromatic heterocycles. The summed E-state index contributed by atoms with van der Waals surface area (Å²) in [6.45, 7) is 5.44. The van der Waals surface area contributed by atoms with Crippen LogP contribution in [0.2, 0.25) is 0 Å². The van der Waals surface area contributed by atoms with Gasteiger partial charge in [0.15, 0.2) is 0 Å². The highest BCUT2D eigenvalue weighted by Gasteiger charge is 2.25. The van der Waals surface area contributed by atoms with Crippen LogP contribution in [0.1, 0.15) is 43.5 Å². The lowest BCUT2D eigenvalue weighted by Gasteiger charge is -2.32. The van der Waals surface area contributed by atoms with E-state index in [-0.39, 0.29) is 11.8 Å². The van der Waals surface area contributed by atoms with Crippen LogP contribution in [0, 0.1) is 11.8 Å². The summed E-state index contributed by atoms with van der Waals surface area (Å²) >= 11 is 0. The van der Waals surface area contributed by atoms with Crippen LogP contribution in [0.15, 0.2) is 30.3 Å². The van der Waals surface area contributed by atoms with Crippen LogP contribution in [0.25, 0.3) is 0 Å². The second-order valence-corrected chi connectivity index (χ2v) is 5.93. The van der Waals surface area contributed by atoms with E-state index in [1.165, 1.54) is 0 Å². The van der Waals surface area contributed by atoms with Gasteiger partial charge in [-0.15, -0.1) is 0 Å². The number of nitrogens with zero attached hydrogens (tertiary/aromatic N) is 1. The summed E-state index contributed by atoms with van der Waals surface area (Å²) in [5.41, 5.74) is 0.754. The zero-order valence-electron chi connectivity index (χ0n) is 12.3. The van der Waals surface area contributed by atoms with Gasteiger partial charge in [-0.3, -0.25) is 9.59 Å². The highest BCUT2D eigenvalue weighted by atomic mass is 16.2. The molecule has 1 saturated heterocycles. The summed E-state index contributed by atoms with van der Waals surface area (Å²) in [7, 11) is 0. The molecule has 0 atom stereocenters. The molecule has 3 nitrogen and oxygen atoms in total. The van der Waals surface area contributed by atoms with Crippen LogP contribution in [-0.4, -0.2) is 29.7 Å². The largest absolute Gasteiger partial charge is 0.339 e. The maximum Gasteiger partial charge on any atom is 0.253 e. The second kappa shape index (κ2) is 6.69. The quantitative estimate of drug-likeness (QED) is 0.845. The van der Waals surface area contributed by atoms with E-state index in [9.17, 15) is 9.59 Å². The van der Waals surface area contributed by atoms with Crippen molar-refractivity contribution >= 4 is 11.7 Å². The first-order chi connectivity index (χ1) is 9.58. The molecule has 1 fully saturated rings.